The highest BCUT2D eigenvalue weighted by Gasteiger charge is 2.47. The summed E-state index contributed by atoms with van der Waals surface area (Å²) in [6.07, 6.45) is 1.67. The topological polar surface area (TPSA) is 660 Å². The molecule has 3 saturated heterocycles. The predicted octanol–water partition coefficient (Wildman–Crippen LogP) is -3.51. The Morgan fingerprint density at radius 3 is 1.70 bits per heavy atom. The van der Waals surface area contributed by atoms with Crippen molar-refractivity contribution >= 4 is 146 Å². The molecular formula is C88H117N19O24S. The number of aliphatic hydroxyl groups is 2. The maximum absolute atomic E-state index is 15.7. The van der Waals surface area contributed by atoms with Gasteiger partial charge < -0.3 is 125 Å². The van der Waals surface area contributed by atoms with E-state index in [0.717, 1.165) is 31.5 Å². The van der Waals surface area contributed by atoms with E-state index in [1.165, 1.54) is 45.3 Å². The number of allylic oxidation sites excluding steroid dienone is 2. The number of carboxylic acids is 2. The van der Waals surface area contributed by atoms with E-state index >= 15 is 33.6 Å². The number of nitrogens with zero attached hydrogens (tertiary/aromatic N) is 5. The highest BCUT2D eigenvalue weighted by Crippen LogP contribution is 2.30. The second-order valence-corrected chi connectivity index (χ2v) is 34.4. The summed E-state index contributed by atoms with van der Waals surface area (Å²) in [7, 11) is 3.74. The number of Topliss-reactive ketones (excluding diaryl/α,β-unsaturated/α-hetero) is 1. The standard InChI is InChI=1S/C88H117N19O24S/c1-47-76(119)98-62(38-75(117)118)87(130)106-32-16-23-67(106)83(126)100-63(39-89)80(123)97-59(28-30-71(90)112)86(129)107-43-53(110)37-69(107)70(111)36-49(34-50-40-92-56-19-14-12-17-54(50)56)77(120)101-64(44-108)81(124)99-61(35-51-41-93-57-20-15-13-18-55(51)57)85(128)105(4)68-22-11-9-7-5-6-8-10-21-66(104(3)88(68)131)82(125)96-58(29-31-74(115)116)79(122)102-65(78(121)94-42-72(91)113)45-132-46-73(114)95-60(84(127)103(47)2)33-48-24-26-52(109)27-25-48/h5,7,12-15,17-20,24-27,40-41,47,49,53,58-69,92-93,108-110H,6,8-11,16,21-23,28-39,42-46,89H2,1-4H3,(H2,90,112)(H2,91,113)(H,94,121)(H,95,114)(H,96,125)(H,97,123)(H,98,119)(H,99,124)(H,100,126)(H,101,120)(H,102,122)(H,115,116)(H,117,118)/b7-5-/t47-,49+,53+,58-,59-,60-,61-,62-,63-,64-,65-,66-,67-,68-,69-/m0/s1. The van der Waals surface area contributed by atoms with Crippen LogP contribution in [0, 0.1) is 5.92 Å². The lowest BCUT2D eigenvalue weighted by molar-refractivity contribution is -0.149. The number of phenolic OH excluding ortho intramolecular Hbond substituents is 1. The van der Waals surface area contributed by atoms with Crippen LogP contribution in [0.5, 0.6) is 5.75 Å². The van der Waals surface area contributed by atoms with Crippen LogP contribution in [0.1, 0.15) is 126 Å². The van der Waals surface area contributed by atoms with Crippen LogP contribution in [0.3, 0.4) is 0 Å². The monoisotopic (exact) mass is 1860 g/mol. The number of primary amides is 2. The first-order valence-corrected chi connectivity index (χ1v) is 44.8. The van der Waals surface area contributed by atoms with Crippen molar-refractivity contribution in [1.29, 1.82) is 0 Å². The average molecular weight is 1860 g/mol. The van der Waals surface area contributed by atoms with Gasteiger partial charge in [0.05, 0.1) is 37.5 Å². The SMILES string of the molecule is C[C@H]1C(=O)N[C@@H](CC(=O)O)C(=O)N2CCC[C@H]2C(=O)N[C@@H](CN)C(=O)N[C@@H](CCC(N)=O)C(=O)N2C[C@H](O)C[C@H]2C(=O)C[C@@H](Cc2c[nH]c3ccccc23)C(=O)N[C@@H](CO)C(=O)N[C@@H](Cc2c[nH]c3ccccc23)C(=O)N(C)[C@H]2CCC/C=C\CCCC[C@@H](C(=O)N[C@@H](CCC(=O)O)C(=O)N[C@H](C(=O)NCC(N)=O)CSCC(=O)N[C@@H](Cc3ccc(O)cc3)C(=O)N1C)N(C)C2=O. The highest BCUT2D eigenvalue weighted by atomic mass is 32.2. The summed E-state index contributed by atoms with van der Waals surface area (Å²) in [6, 6.07) is -2.34. The van der Waals surface area contributed by atoms with Crippen LogP contribution in [0.15, 0.2) is 97.3 Å². The lowest BCUT2D eigenvalue weighted by atomic mass is 9.90. The van der Waals surface area contributed by atoms with E-state index in [1.54, 1.807) is 60.9 Å². The Bertz CT molecular complexity index is 5100. The van der Waals surface area contributed by atoms with E-state index in [0.29, 0.717) is 69.5 Å². The number of benzene rings is 3. The highest BCUT2D eigenvalue weighted by molar-refractivity contribution is 8.00. The number of aromatic hydroxyl groups is 1. The summed E-state index contributed by atoms with van der Waals surface area (Å²) in [5.41, 5.74) is 19.6. The number of nitrogens with two attached hydrogens (primary N) is 3. The number of carbonyl (C=O) groups excluding carboxylic acids is 17. The number of nitrogens with one attached hydrogen (secondary N) is 11. The number of aliphatic carboxylic acids is 2. The van der Waals surface area contributed by atoms with Gasteiger partial charge in [-0.3, -0.25) is 91.1 Å². The van der Waals surface area contributed by atoms with Crippen molar-refractivity contribution in [2.24, 2.45) is 23.1 Å². The molecule has 0 aliphatic carbocycles. The van der Waals surface area contributed by atoms with E-state index in [9.17, 15) is 83.1 Å². The van der Waals surface area contributed by atoms with Crippen molar-refractivity contribution in [2.45, 2.75) is 214 Å². The van der Waals surface area contributed by atoms with Gasteiger partial charge in [-0.05, 0) is 119 Å². The molecule has 9 rings (SSSR count). The molecule has 16 amide bonds. The molecule has 15 atom stereocenters. The zero-order valence-corrected chi connectivity index (χ0v) is 74.5. The lowest BCUT2D eigenvalue weighted by Crippen LogP contribution is -2.61. The van der Waals surface area contributed by atoms with Crippen molar-refractivity contribution < 1.29 is 117 Å². The van der Waals surface area contributed by atoms with Crippen LogP contribution in [0.4, 0.5) is 0 Å². The van der Waals surface area contributed by atoms with Crippen LogP contribution < -0.4 is 65.1 Å². The van der Waals surface area contributed by atoms with Gasteiger partial charge in [-0.15, -0.1) is 11.8 Å². The summed E-state index contributed by atoms with van der Waals surface area (Å²) >= 11 is 0.687. The Morgan fingerprint density at radius 1 is 0.515 bits per heavy atom. The third kappa shape index (κ3) is 28.1. The summed E-state index contributed by atoms with van der Waals surface area (Å²) in [6.45, 7) is -2.15. The molecule has 4 aliphatic rings. The fourth-order valence-corrected chi connectivity index (χ4v) is 17.4. The number of hydrogen-bond donors (Lipinski definition) is 19. The number of fused-ring (bicyclic) bond motifs is 7. The van der Waals surface area contributed by atoms with E-state index in [2.05, 4.69) is 57.8 Å². The number of phenols is 1. The number of rotatable bonds is 19. The number of hydrogen-bond acceptors (Lipinski definition) is 24. The zero-order chi connectivity index (χ0) is 96.3. The Labute approximate surface area is 763 Å². The molecule has 3 fully saturated rings. The minimum absolute atomic E-state index is 0.0703. The number of aromatic nitrogens is 2. The zero-order valence-electron chi connectivity index (χ0n) is 73.7. The minimum atomic E-state index is -1.94. The number of carbonyl (C=O) groups is 19. The van der Waals surface area contributed by atoms with Crippen molar-refractivity contribution in [2.75, 3.05) is 65.4 Å². The molecule has 132 heavy (non-hydrogen) atoms. The second-order valence-electron chi connectivity index (χ2n) is 33.4. The predicted molar refractivity (Wildman–Crippen MR) is 475 cm³/mol. The fraction of sp³-hybridized carbons (Fsp3) is 0.511. The summed E-state index contributed by atoms with van der Waals surface area (Å²) in [4.78, 5) is 284. The van der Waals surface area contributed by atoms with Crippen molar-refractivity contribution in [3.8, 4) is 5.75 Å². The molecule has 6 heterocycles. The molecule has 43 nitrogen and oxygen atoms in total. The van der Waals surface area contributed by atoms with Crippen LogP contribution >= 0.6 is 11.8 Å². The third-order valence-corrected chi connectivity index (χ3v) is 25.0. The van der Waals surface area contributed by atoms with Gasteiger partial charge in [0.25, 0.3) is 0 Å². The fourth-order valence-electron chi connectivity index (χ4n) is 16.5. The van der Waals surface area contributed by atoms with E-state index in [-0.39, 0.29) is 70.1 Å². The molecule has 4 aliphatic heterocycles. The molecule has 44 heteroatoms. The average Bonchev–Trinajstić information content (AvgIpc) is 1.57. The van der Waals surface area contributed by atoms with Crippen LogP contribution in [-0.2, 0) is 110 Å². The summed E-state index contributed by atoms with van der Waals surface area (Å²) < 4.78 is 0. The minimum Gasteiger partial charge on any atom is -0.508 e. The van der Waals surface area contributed by atoms with Crippen molar-refractivity contribution in [3.63, 3.8) is 0 Å². The number of likely N-dealkylation sites (N-methyl/N-ethyl adjacent to an activating group) is 3. The molecular weight excluding hydrogens is 1740 g/mol. The molecule has 22 N–H and O–H groups in total. The number of thioether (sulfide) groups is 1. The molecule has 0 saturated carbocycles. The van der Waals surface area contributed by atoms with Gasteiger partial charge in [-0.1, -0.05) is 67.1 Å². The Morgan fingerprint density at radius 2 is 1.06 bits per heavy atom. The Kier molecular flexibility index (Phi) is 37.6. The quantitative estimate of drug-likeness (QED) is 0.0357. The summed E-state index contributed by atoms with van der Waals surface area (Å²) in [5.74, 6) is -23.1. The van der Waals surface area contributed by atoms with Gasteiger partial charge in [0.15, 0.2) is 5.78 Å². The van der Waals surface area contributed by atoms with Gasteiger partial charge in [0.2, 0.25) is 94.5 Å². The first kappa shape index (κ1) is 102. The molecule has 714 valence electrons. The number of ketones is 1. The van der Waals surface area contributed by atoms with Crippen LogP contribution in [0.2, 0.25) is 0 Å². The van der Waals surface area contributed by atoms with Crippen molar-refractivity contribution in [1.82, 2.24) is 82.3 Å². The largest absolute Gasteiger partial charge is 0.508 e. The number of H-pyrrole nitrogens is 2. The number of aromatic amines is 2. The smallest absolute Gasteiger partial charge is 0.305 e. The first-order valence-electron chi connectivity index (χ1n) is 43.6. The molecule has 3 aromatic carbocycles. The normalized spacial score (nSPS) is 26.1. The maximum atomic E-state index is 15.7. The van der Waals surface area contributed by atoms with Gasteiger partial charge in [0, 0.05) is 125 Å². The number of carboxylic acid groups (broad SMARTS) is 2. The van der Waals surface area contributed by atoms with Gasteiger partial charge in [-0.2, -0.15) is 0 Å². The number of amides is 16. The molecule has 0 spiro atoms. The second kappa shape index (κ2) is 48.5. The molecule has 0 radical (unpaired) electrons. The molecule has 2 aromatic heterocycles. The van der Waals surface area contributed by atoms with Gasteiger partial charge in [-0.25, -0.2) is 0 Å². The lowest BCUT2D eigenvalue weighted by Gasteiger charge is -2.36. The molecule has 0 unspecified atom stereocenters. The first-order chi connectivity index (χ1) is 62.9. The van der Waals surface area contributed by atoms with Crippen LogP contribution in [0.25, 0.3) is 21.8 Å². The van der Waals surface area contributed by atoms with Crippen molar-refractivity contribution in [3.05, 3.63) is 114 Å². The number of aliphatic hydroxyl groups excluding tert-OH is 2. The Hall–Kier alpha value is -13.4. The molecule has 2 bridgehead atoms. The Balaban J connectivity index is 1.09. The number of para-hydroxylation sites is 2. The van der Waals surface area contributed by atoms with E-state index < -0.39 is 285 Å². The van der Waals surface area contributed by atoms with Crippen LogP contribution in [-0.4, -0.2) is 322 Å². The van der Waals surface area contributed by atoms with E-state index in [4.69, 9.17) is 17.2 Å². The maximum Gasteiger partial charge on any atom is 0.305 e. The third-order valence-electron chi connectivity index (χ3n) is 23.9. The van der Waals surface area contributed by atoms with Gasteiger partial charge >= 0.3 is 11.9 Å². The molecule has 5 aromatic rings. The summed E-state index contributed by atoms with van der Waals surface area (Å²) in [5, 5.41) is 76.6. The van der Waals surface area contributed by atoms with E-state index in [1.807, 2.05) is 12.2 Å². The van der Waals surface area contributed by atoms with Gasteiger partial charge in [0.1, 0.15) is 78.3 Å².